The molecule has 2 aromatic heterocycles. The Bertz CT molecular complexity index is 670. The van der Waals surface area contributed by atoms with Crippen molar-refractivity contribution < 1.29 is 23.7 Å². The normalized spacial score (nSPS) is 10.7. The number of carbonyl (C=O) groups excluding carboxylic acids is 1. The number of aryl methyl sites for hydroxylation is 2. The Balaban J connectivity index is 0.000000444. The minimum absolute atomic E-state index is 0.236. The molecule has 0 aliphatic rings. The van der Waals surface area contributed by atoms with Crippen molar-refractivity contribution in [2.45, 2.75) is 12.6 Å². The maximum atomic E-state index is 10.1. The van der Waals surface area contributed by atoms with Crippen LogP contribution in [0.25, 0.3) is 0 Å². The van der Waals surface area contributed by atoms with Crippen LogP contribution in [0.15, 0.2) is 41.7 Å². The highest BCUT2D eigenvalue weighted by atomic mass is 16.7. The second-order valence-electron chi connectivity index (χ2n) is 5.74. The Hall–Kier alpha value is -2.30. The smallest absolute Gasteiger partial charge is 0.176 e. The summed E-state index contributed by atoms with van der Waals surface area (Å²) in [6, 6.07) is 7.58. The van der Waals surface area contributed by atoms with E-state index in [1.54, 1.807) is 39.1 Å². The van der Waals surface area contributed by atoms with Crippen LogP contribution in [0, 0.1) is 0 Å². The monoisotopic (exact) mass is 410 g/mol. The fraction of sp³-hybridized carbons (Fsp3) is 0.500. The van der Waals surface area contributed by atoms with Crippen LogP contribution in [0.2, 0.25) is 0 Å². The van der Waals surface area contributed by atoms with E-state index < -0.39 is 0 Å². The summed E-state index contributed by atoms with van der Waals surface area (Å²) in [5, 5.41) is 0. The molecule has 0 aliphatic heterocycles. The van der Waals surface area contributed by atoms with Crippen molar-refractivity contribution in [2.24, 2.45) is 24.8 Å². The molecule has 164 valence electrons. The number of carbonyl (C=O) groups is 1. The topological polar surface area (TPSA) is 102 Å². The maximum Gasteiger partial charge on any atom is 0.176 e. The van der Waals surface area contributed by atoms with E-state index in [1.807, 2.05) is 55.5 Å². The van der Waals surface area contributed by atoms with E-state index in [9.17, 15) is 4.79 Å². The Labute approximate surface area is 173 Å². The molecule has 9 nitrogen and oxygen atoms in total. The molecular weight excluding hydrogens is 376 g/mol. The van der Waals surface area contributed by atoms with E-state index in [-0.39, 0.29) is 12.6 Å². The quantitative estimate of drug-likeness (QED) is 0.381. The number of rotatable bonds is 9. The van der Waals surface area contributed by atoms with Gasteiger partial charge >= 0.3 is 0 Å². The van der Waals surface area contributed by atoms with Gasteiger partial charge in [-0.2, -0.15) is 0 Å². The first-order valence-electron chi connectivity index (χ1n) is 8.96. The van der Waals surface area contributed by atoms with Crippen LogP contribution in [-0.4, -0.2) is 75.7 Å². The highest BCUT2D eigenvalue weighted by Crippen LogP contribution is 1.97. The van der Waals surface area contributed by atoms with Gasteiger partial charge in [0.25, 0.3) is 0 Å². The lowest BCUT2D eigenvalue weighted by atomic mass is 10.4. The molecule has 2 rings (SSSR count). The summed E-state index contributed by atoms with van der Waals surface area (Å²) < 4.78 is 23.2. The van der Waals surface area contributed by atoms with E-state index in [2.05, 4.69) is 4.99 Å². The zero-order valence-corrected chi connectivity index (χ0v) is 18.1. The summed E-state index contributed by atoms with van der Waals surface area (Å²) in [7, 11) is 10.1. The molecule has 9 heteroatoms. The van der Waals surface area contributed by atoms with E-state index in [4.69, 9.17) is 24.7 Å². The van der Waals surface area contributed by atoms with Gasteiger partial charge in [-0.05, 0) is 24.3 Å². The Morgan fingerprint density at radius 3 is 1.69 bits per heavy atom. The van der Waals surface area contributed by atoms with E-state index in [0.717, 1.165) is 12.0 Å². The largest absolute Gasteiger partial charge is 0.355 e. The lowest BCUT2D eigenvalue weighted by molar-refractivity contribution is -0.0940. The van der Waals surface area contributed by atoms with Crippen molar-refractivity contribution in [1.82, 2.24) is 9.13 Å². The van der Waals surface area contributed by atoms with Crippen molar-refractivity contribution in [1.29, 1.82) is 0 Å². The molecule has 0 fully saturated rings. The minimum atomic E-state index is -0.258. The van der Waals surface area contributed by atoms with Gasteiger partial charge in [-0.15, -0.1) is 0 Å². The molecule has 0 bridgehead atoms. The molecule has 2 heterocycles. The predicted octanol–water partition coefficient (Wildman–Crippen LogP) is 1.46. The minimum Gasteiger partial charge on any atom is -0.355 e. The van der Waals surface area contributed by atoms with Crippen LogP contribution in [0.5, 0.6) is 0 Å². The first-order chi connectivity index (χ1) is 14.0. The molecule has 0 atom stereocenters. The predicted molar refractivity (Wildman–Crippen MR) is 113 cm³/mol. The van der Waals surface area contributed by atoms with Gasteiger partial charge in [0.1, 0.15) is 0 Å². The van der Waals surface area contributed by atoms with Crippen molar-refractivity contribution >= 4 is 12.5 Å². The standard InChI is InChI=1S/C10H16N2O2.C6H7NO.C4H11NO2/c1-12-6-4-5-9(12)7-11-8-10(13-2)14-3;1-7-4-2-3-6(7)5-8;1-6-4(3-5)7-2/h4-7,10H,8H2,1-3H3;2-5H,1H3;4H,3,5H2,1-2H3. The zero-order chi connectivity index (χ0) is 22.1. The first kappa shape index (κ1) is 26.7. The number of aliphatic imine (C=N–C) groups is 1. The summed E-state index contributed by atoms with van der Waals surface area (Å²) in [5.74, 6) is 0. The highest BCUT2D eigenvalue weighted by molar-refractivity contribution is 5.77. The van der Waals surface area contributed by atoms with Crippen LogP contribution in [-0.2, 0) is 33.0 Å². The fourth-order valence-corrected chi connectivity index (χ4v) is 1.97. The first-order valence-corrected chi connectivity index (χ1v) is 8.96. The number of hydrogen-bond donors (Lipinski definition) is 1. The van der Waals surface area contributed by atoms with Crippen molar-refractivity contribution in [3.05, 3.63) is 48.0 Å². The van der Waals surface area contributed by atoms with Crippen LogP contribution in [0.3, 0.4) is 0 Å². The molecule has 2 N–H and O–H groups in total. The van der Waals surface area contributed by atoms with Gasteiger partial charge in [-0.1, -0.05) is 0 Å². The summed E-state index contributed by atoms with van der Waals surface area (Å²) in [6.07, 6.45) is 5.96. The van der Waals surface area contributed by atoms with Crippen molar-refractivity contribution in [2.75, 3.05) is 41.5 Å². The maximum absolute atomic E-state index is 10.1. The van der Waals surface area contributed by atoms with Crippen LogP contribution in [0.1, 0.15) is 16.2 Å². The van der Waals surface area contributed by atoms with Gasteiger partial charge in [-0.25, -0.2) is 0 Å². The van der Waals surface area contributed by atoms with Gasteiger partial charge < -0.3 is 33.8 Å². The number of aromatic nitrogens is 2. The van der Waals surface area contributed by atoms with Crippen LogP contribution >= 0.6 is 0 Å². The van der Waals surface area contributed by atoms with Crippen molar-refractivity contribution in [3.8, 4) is 0 Å². The van der Waals surface area contributed by atoms with Crippen LogP contribution < -0.4 is 5.73 Å². The third-order valence-electron chi connectivity index (χ3n) is 3.81. The highest BCUT2D eigenvalue weighted by Gasteiger charge is 2.01. The van der Waals surface area contributed by atoms with Gasteiger partial charge in [0, 0.05) is 67.7 Å². The third-order valence-corrected chi connectivity index (χ3v) is 3.81. The second kappa shape index (κ2) is 16.6. The van der Waals surface area contributed by atoms with E-state index in [0.29, 0.717) is 18.8 Å². The summed E-state index contributed by atoms with van der Waals surface area (Å²) in [5.41, 5.74) is 6.92. The molecule has 0 amide bonds. The molecule has 0 saturated carbocycles. The number of aldehydes is 1. The average Bonchev–Trinajstić information content (AvgIpc) is 3.35. The van der Waals surface area contributed by atoms with E-state index in [1.165, 1.54) is 0 Å². The Kier molecular flexibility index (Phi) is 15.3. The van der Waals surface area contributed by atoms with Crippen molar-refractivity contribution in [3.63, 3.8) is 0 Å². The second-order valence-corrected chi connectivity index (χ2v) is 5.74. The van der Waals surface area contributed by atoms with Gasteiger partial charge in [0.2, 0.25) is 0 Å². The van der Waals surface area contributed by atoms with E-state index >= 15 is 0 Å². The number of nitrogens with zero attached hydrogens (tertiary/aromatic N) is 3. The molecule has 0 radical (unpaired) electrons. The molecule has 0 saturated heterocycles. The number of nitrogens with two attached hydrogens (primary N) is 1. The lowest BCUT2D eigenvalue weighted by Gasteiger charge is -2.09. The number of methoxy groups -OCH3 is 4. The molecule has 29 heavy (non-hydrogen) atoms. The lowest BCUT2D eigenvalue weighted by Crippen LogP contribution is -2.23. The molecule has 2 aromatic rings. The zero-order valence-electron chi connectivity index (χ0n) is 18.1. The Morgan fingerprint density at radius 2 is 1.41 bits per heavy atom. The molecule has 0 aromatic carbocycles. The van der Waals surface area contributed by atoms with Crippen LogP contribution in [0.4, 0.5) is 0 Å². The summed E-state index contributed by atoms with van der Waals surface area (Å²) in [6.45, 7) is 0.922. The average molecular weight is 411 g/mol. The number of ether oxygens (including phenoxy) is 4. The SMILES string of the molecule is COC(CN)OC.COC(CN=Cc1cccn1C)OC.Cn1cccc1C=O. The molecule has 0 aliphatic carbocycles. The molecular formula is C20H34N4O5. The summed E-state index contributed by atoms with van der Waals surface area (Å²) >= 11 is 0. The number of hydrogen-bond acceptors (Lipinski definition) is 7. The molecule has 0 spiro atoms. The third kappa shape index (κ3) is 11.3. The fourth-order valence-electron chi connectivity index (χ4n) is 1.97. The van der Waals surface area contributed by atoms with Gasteiger partial charge in [0.15, 0.2) is 18.9 Å². The van der Waals surface area contributed by atoms with Gasteiger partial charge in [-0.3, -0.25) is 9.79 Å². The molecule has 0 unspecified atom stereocenters. The summed E-state index contributed by atoms with van der Waals surface area (Å²) in [4.78, 5) is 14.3. The van der Waals surface area contributed by atoms with Gasteiger partial charge in [0.05, 0.1) is 17.9 Å². The Morgan fingerprint density at radius 1 is 0.931 bits per heavy atom.